The van der Waals surface area contributed by atoms with Crippen molar-refractivity contribution in [2.75, 3.05) is 5.32 Å². The summed E-state index contributed by atoms with van der Waals surface area (Å²) in [6.07, 6.45) is -0.621. The normalized spacial score (nSPS) is 13.5. The molecule has 1 atom stereocenters. The fraction of sp³-hybridized carbons (Fsp3) is 0.750. The van der Waals surface area contributed by atoms with Crippen LogP contribution in [-0.4, -0.2) is 33.8 Å². The zero-order chi connectivity index (χ0) is 18.7. The number of carbonyl (C=O) groups is 2. The van der Waals surface area contributed by atoms with Crippen LogP contribution >= 0.6 is 11.3 Å². The Labute approximate surface area is 147 Å². The average molecular weight is 356 g/mol. The van der Waals surface area contributed by atoms with Gasteiger partial charge in [0.15, 0.2) is 0 Å². The smallest absolute Gasteiger partial charge is 0.408 e. The highest BCUT2D eigenvalue weighted by Gasteiger charge is 2.28. The van der Waals surface area contributed by atoms with Gasteiger partial charge in [0.1, 0.15) is 16.7 Å². The van der Waals surface area contributed by atoms with Gasteiger partial charge in [0.2, 0.25) is 11.0 Å². The molecule has 1 unspecified atom stereocenters. The zero-order valence-electron chi connectivity index (χ0n) is 15.7. The molecule has 1 rings (SSSR count). The van der Waals surface area contributed by atoms with Crippen LogP contribution in [0.25, 0.3) is 0 Å². The van der Waals surface area contributed by atoms with Crippen molar-refractivity contribution in [1.82, 2.24) is 15.5 Å². The van der Waals surface area contributed by atoms with Gasteiger partial charge in [0.05, 0.1) is 0 Å². The lowest BCUT2D eigenvalue weighted by Gasteiger charge is -2.24. The second-order valence-electron chi connectivity index (χ2n) is 8.02. The first-order valence-electron chi connectivity index (χ1n) is 7.94. The summed E-state index contributed by atoms with van der Waals surface area (Å²) < 4.78 is 5.21. The van der Waals surface area contributed by atoms with Gasteiger partial charge < -0.3 is 10.1 Å². The van der Waals surface area contributed by atoms with E-state index < -0.39 is 17.7 Å². The van der Waals surface area contributed by atoms with Crippen molar-refractivity contribution in [2.24, 2.45) is 5.92 Å². The van der Waals surface area contributed by atoms with Gasteiger partial charge >= 0.3 is 6.09 Å². The van der Waals surface area contributed by atoms with E-state index in [2.05, 4.69) is 20.8 Å². The molecule has 8 heteroatoms. The van der Waals surface area contributed by atoms with Crippen molar-refractivity contribution in [2.45, 2.75) is 72.4 Å². The van der Waals surface area contributed by atoms with Crippen LogP contribution in [0.15, 0.2) is 0 Å². The predicted octanol–water partition coefficient (Wildman–Crippen LogP) is 3.32. The van der Waals surface area contributed by atoms with E-state index in [9.17, 15) is 9.59 Å². The molecule has 0 aliphatic carbocycles. The SMILES string of the molecule is CC(C)C(NC(=O)OC(C)(C)C)C(=O)Nc1nnc(C(C)(C)C)s1. The first kappa shape index (κ1) is 20.3. The van der Waals surface area contributed by atoms with Crippen molar-refractivity contribution < 1.29 is 14.3 Å². The summed E-state index contributed by atoms with van der Waals surface area (Å²) in [7, 11) is 0. The maximum atomic E-state index is 12.5. The van der Waals surface area contributed by atoms with Gasteiger partial charge in [0.25, 0.3) is 0 Å². The molecule has 136 valence electrons. The lowest BCUT2D eigenvalue weighted by atomic mass is 9.98. The first-order chi connectivity index (χ1) is 10.8. The van der Waals surface area contributed by atoms with Gasteiger partial charge in [0, 0.05) is 5.41 Å². The van der Waals surface area contributed by atoms with Gasteiger partial charge in [-0.05, 0) is 26.7 Å². The monoisotopic (exact) mass is 356 g/mol. The maximum absolute atomic E-state index is 12.5. The van der Waals surface area contributed by atoms with Gasteiger partial charge in [-0.3, -0.25) is 10.1 Å². The summed E-state index contributed by atoms with van der Waals surface area (Å²) in [6, 6.07) is -0.721. The Morgan fingerprint density at radius 3 is 2.08 bits per heavy atom. The molecular weight excluding hydrogens is 328 g/mol. The lowest BCUT2D eigenvalue weighted by molar-refractivity contribution is -0.119. The minimum Gasteiger partial charge on any atom is -0.444 e. The van der Waals surface area contributed by atoms with Gasteiger partial charge in [-0.2, -0.15) is 0 Å². The average Bonchev–Trinajstić information content (AvgIpc) is 2.81. The van der Waals surface area contributed by atoms with Crippen molar-refractivity contribution in [3.8, 4) is 0 Å². The molecule has 24 heavy (non-hydrogen) atoms. The minimum absolute atomic E-state index is 0.104. The molecule has 1 aromatic rings. The summed E-state index contributed by atoms with van der Waals surface area (Å²) in [5.74, 6) is -0.444. The van der Waals surface area contributed by atoms with Crippen LogP contribution in [-0.2, 0) is 14.9 Å². The van der Waals surface area contributed by atoms with Crippen molar-refractivity contribution in [3.05, 3.63) is 5.01 Å². The third-order valence-corrected chi connectivity index (χ3v) is 4.18. The summed E-state index contributed by atoms with van der Waals surface area (Å²) in [5, 5.41) is 14.7. The lowest BCUT2D eigenvalue weighted by Crippen LogP contribution is -2.48. The number of nitrogens with one attached hydrogen (secondary N) is 2. The molecule has 0 aliphatic rings. The first-order valence-corrected chi connectivity index (χ1v) is 8.75. The highest BCUT2D eigenvalue weighted by atomic mass is 32.1. The number of nitrogens with zero attached hydrogens (tertiary/aromatic N) is 2. The Bertz CT molecular complexity index is 585. The molecule has 0 spiro atoms. The molecule has 7 nitrogen and oxygen atoms in total. The van der Waals surface area contributed by atoms with Crippen LogP contribution < -0.4 is 10.6 Å². The molecule has 1 aromatic heterocycles. The number of hydrogen-bond donors (Lipinski definition) is 2. The number of anilines is 1. The summed E-state index contributed by atoms with van der Waals surface area (Å²) >= 11 is 1.33. The number of amides is 2. The number of aromatic nitrogens is 2. The number of carbonyl (C=O) groups excluding carboxylic acids is 2. The fourth-order valence-corrected chi connectivity index (χ4v) is 2.53. The van der Waals surface area contributed by atoms with E-state index in [-0.39, 0.29) is 17.2 Å². The molecule has 0 bridgehead atoms. The summed E-state index contributed by atoms with van der Waals surface area (Å²) in [5.41, 5.74) is -0.754. The van der Waals surface area contributed by atoms with Crippen LogP contribution in [0.3, 0.4) is 0 Å². The van der Waals surface area contributed by atoms with Crippen LogP contribution in [0.5, 0.6) is 0 Å². The van der Waals surface area contributed by atoms with Crippen LogP contribution in [0, 0.1) is 5.92 Å². The summed E-state index contributed by atoms with van der Waals surface area (Å²) in [4.78, 5) is 24.4. The Hall–Kier alpha value is -1.70. The Kier molecular flexibility index (Phi) is 6.32. The summed E-state index contributed by atoms with van der Waals surface area (Å²) in [6.45, 7) is 15.1. The van der Waals surface area contributed by atoms with Gasteiger partial charge in [-0.25, -0.2) is 4.79 Å². The van der Waals surface area contributed by atoms with E-state index in [4.69, 9.17) is 4.74 Å². The second-order valence-corrected chi connectivity index (χ2v) is 9.00. The number of ether oxygens (including phenoxy) is 1. The minimum atomic E-state index is -0.721. The van der Waals surface area contributed by atoms with E-state index in [1.165, 1.54) is 11.3 Å². The third-order valence-electron chi connectivity index (χ3n) is 2.92. The predicted molar refractivity (Wildman–Crippen MR) is 95.2 cm³/mol. The molecule has 0 aromatic carbocycles. The third kappa shape index (κ3) is 6.43. The Morgan fingerprint density at radius 1 is 1.08 bits per heavy atom. The molecular formula is C16H28N4O3S. The topological polar surface area (TPSA) is 93.2 Å². The van der Waals surface area contributed by atoms with E-state index in [0.29, 0.717) is 5.13 Å². The van der Waals surface area contributed by atoms with Crippen LogP contribution in [0.4, 0.5) is 9.93 Å². The van der Waals surface area contributed by atoms with Crippen molar-refractivity contribution in [1.29, 1.82) is 0 Å². The standard InChI is InChI=1S/C16H28N4O3S/c1-9(2)10(17-14(22)23-16(6,7)8)11(21)18-13-20-19-12(24-13)15(3,4)5/h9-10H,1-8H3,(H,17,22)(H,18,20,21). The number of hydrogen-bond acceptors (Lipinski definition) is 6. The van der Waals surface area contributed by atoms with Gasteiger partial charge in [-0.1, -0.05) is 46.0 Å². The molecule has 1 heterocycles. The quantitative estimate of drug-likeness (QED) is 0.863. The largest absolute Gasteiger partial charge is 0.444 e. The molecule has 2 amide bonds. The van der Waals surface area contributed by atoms with E-state index >= 15 is 0 Å². The molecule has 0 radical (unpaired) electrons. The molecule has 0 saturated heterocycles. The highest BCUT2D eigenvalue weighted by molar-refractivity contribution is 7.15. The van der Waals surface area contributed by atoms with E-state index in [1.807, 2.05) is 34.6 Å². The maximum Gasteiger partial charge on any atom is 0.408 e. The van der Waals surface area contributed by atoms with E-state index in [1.54, 1.807) is 20.8 Å². The molecule has 0 fully saturated rings. The molecule has 2 N–H and O–H groups in total. The Balaban J connectivity index is 2.77. The number of alkyl carbamates (subject to hydrolysis) is 1. The van der Waals surface area contributed by atoms with Crippen molar-refractivity contribution >= 4 is 28.5 Å². The molecule has 0 saturated carbocycles. The molecule has 0 aliphatic heterocycles. The zero-order valence-corrected chi connectivity index (χ0v) is 16.5. The second kappa shape index (κ2) is 7.46. The van der Waals surface area contributed by atoms with E-state index in [0.717, 1.165) is 5.01 Å². The highest BCUT2D eigenvalue weighted by Crippen LogP contribution is 2.27. The van der Waals surface area contributed by atoms with Gasteiger partial charge in [-0.15, -0.1) is 10.2 Å². The Morgan fingerprint density at radius 2 is 1.67 bits per heavy atom. The van der Waals surface area contributed by atoms with Crippen LogP contribution in [0.2, 0.25) is 0 Å². The number of rotatable bonds is 4. The fourth-order valence-electron chi connectivity index (χ4n) is 1.73. The van der Waals surface area contributed by atoms with Crippen molar-refractivity contribution in [3.63, 3.8) is 0 Å². The van der Waals surface area contributed by atoms with Crippen LogP contribution in [0.1, 0.15) is 60.4 Å².